The number of aldehydes is 1. The van der Waals surface area contributed by atoms with Crippen LogP contribution in [0.15, 0.2) is 36.5 Å². The molecule has 58 heavy (non-hydrogen) atoms. The van der Waals surface area contributed by atoms with Crippen molar-refractivity contribution in [1.82, 2.24) is 25.0 Å². The molecule has 1 aliphatic carbocycles. The van der Waals surface area contributed by atoms with E-state index in [9.17, 15) is 32.3 Å². The average molecular weight is 825 g/mol. The molecule has 2 aromatic rings. The van der Waals surface area contributed by atoms with Gasteiger partial charge in [-0.2, -0.15) is 18.4 Å². The normalized spacial score (nSPS) is 26.3. The maximum Gasteiger partial charge on any atom is 0.419 e. The molecule has 4 fully saturated rings. The van der Waals surface area contributed by atoms with E-state index in [1.54, 1.807) is 13.8 Å². The molecule has 2 N–H and O–H groups in total. The Morgan fingerprint density at radius 2 is 1.76 bits per heavy atom. The Balaban J connectivity index is 0.932. The molecule has 4 heterocycles. The number of halogens is 3. The van der Waals surface area contributed by atoms with E-state index < -0.39 is 28.9 Å². The van der Waals surface area contributed by atoms with E-state index in [1.165, 1.54) is 6.07 Å². The number of anilines is 2. The van der Waals surface area contributed by atoms with Crippen molar-refractivity contribution in [3.63, 3.8) is 0 Å². The lowest BCUT2D eigenvalue weighted by molar-refractivity contribution is -0.138. The molecule has 13 nitrogen and oxygen atoms in total. The molecule has 0 spiro atoms. The van der Waals surface area contributed by atoms with Crippen LogP contribution in [0.25, 0.3) is 0 Å². The maximum atomic E-state index is 13.7. The van der Waals surface area contributed by atoms with Crippen LogP contribution in [0.1, 0.15) is 95.4 Å². The van der Waals surface area contributed by atoms with Gasteiger partial charge in [0.05, 0.1) is 35.5 Å². The van der Waals surface area contributed by atoms with E-state index in [4.69, 9.17) is 22.2 Å². The van der Waals surface area contributed by atoms with Crippen molar-refractivity contribution in [1.29, 1.82) is 5.26 Å². The van der Waals surface area contributed by atoms with Gasteiger partial charge in [0.25, 0.3) is 5.91 Å². The molecule has 1 saturated carbocycles. The molecule has 0 radical (unpaired) electrons. The van der Waals surface area contributed by atoms with Crippen molar-refractivity contribution in [2.24, 2.45) is 0 Å². The Labute approximate surface area is 342 Å². The highest BCUT2D eigenvalue weighted by Crippen LogP contribution is 2.40. The molecular weight excluding hydrogens is 774 g/mol. The second kappa shape index (κ2) is 17.8. The number of carbonyl (C=O) groups excluding carboxylic acids is 4. The quantitative estimate of drug-likeness (QED) is 0.121. The highest BCUT2D eigenvalue weighted by atomic mass is 32.1. The number of amides is 3. The Kier molecular flexibility index (Phi) is 13.2. The summed E-state index contributed by atoms with van der Waals surface area (Å²) in [4.78, 5) is 61.0. The number of nitrogens with zero attached hydrogens (tertiary/aromatic N) is 6. The number of benzene rings is 1. The first-order valence-corrected chi connectivity index (χ1v) is 20.3. The van der Waals surface area contributed by atoms with Gasteiger partial charge in [0, 0.05) is 63.0 Å². The maximum absolute atomic E-state index is 13.7. The van der Waals surface area contributed by atoms with Crippen molar-refractivity contribution in [2.45, 2.75) is 121 Å². The third kappa shape index (κ3) is 9.20. The summed E-state index contributed by atoms with van der Waals surface area (Å²) >= 11 is 5.71. The molecule has 0 bridgehead atoms. The lowest BCUT2D eigenvalue weighted by Crippen LogP contribution is -2.61. The fourth-order valence-electron chi connectivity index (χ4n) is 9.11. The number of hydrogen-bond donors (Lipinski definition) is 2. The smallest absolute Gasteiger partial charge is 0.383 e. The summed E-state index contributed by atoms with van der Waals surface area (Å²) in [6, 6.07) is 9.69. The average Bonchev–Trinajstić information content (AvgIpc) is 3.36. The number of rotatable bonds is 13. The molecule has 3 aliphatic heterocycles. The zero-order valence-corrected chi connectivity index (χ0v) is 34.1. The molecule has 6 rings (SSSR count). The Morgan fingerprint density at radius 3 is 2.36 bits per heavy atom. The standard InChI is InChI=1S/C41H51F3N8O5S/c1-25-22-49(23-26(2)50(25)31(24-53)21-46-28-8-6-27(7-9-28)33-14-15-36(54)48-37(33)55)16-5-17-57-32-12-10-29(11-13-32)52-39(58)51(38(56)40(52,3)4)30-18-34(41(42,43)44)35(19-45)47-20-30/h6-9,18,20,24-26,29,31-33,46H,5,10-17,21-23H2,1-4H3,(H,48,54,55)/t25-,26+,29?,31?,32?,33?. The Hall–Kier alpha value is -4.50. The summed E-state index contributed by atoms with van der Waals surface area (Å²) in [5, 5.41) is 15.1. The van der Waals surface area contributed by atoms with Crippen LogP contribution in [0.3, 0.4) is 0 Å². The number of imide groups is 1. The number of aromatic nitrogens is 1. The minimum atomic E-state index is -4.82. The second-order valence-electron chi connectivity index (χ2n) is 16.3. The largest absolute Gasteiger partial charge is 0.419 e. The second-order valence-corrected chi connectivity index (χ2v) is 16.7. The van der Waals surface area contributed by atoms with Gasteiger partial charge in [-0.25, -0.2) is 4.98 Å². The lowest BCUT2D eigenvalue weighted by Gasteiger charge is -2.47. The highest BCUT2D eigenvalue weighted by Gasteiger charge is 2.53. The van der Waals surface area contributed by atoms with E-state index in [0.717, 1.165) is 73.6 Å². The Bertz CT molecular complexity index is 1900. The SMILES string of the molecule is C[C@@H]1CN(CCCOC2CCC(N3C(=S)N(c4cnc(C#N)c(C(F)(F)F)c4)C(=O)C3(C)C)CC2)C[C@H](C)N1C(C=O)CNc1ccc(C2CCC(=O)NC2=O)cc1. The first-order chi connectivity index (χ1) is 27.5. The summed E-state index contributed by atoms with van der Waals surface area (Å²) in [5.41, 5.74) is -1.48. The number of carbonyl (C=O) groups is 4. The number of pyridine rings is 1. The third-order valence-corrected chi connectivity index (χ3v) is 12.3. The van der Waals surface area contributed by atoms with Crippen LogP contribution in [-0.2, 0) is 30.1 Å². The first kappa shape index (κ1) is 43.1. The van der Waals surface area contributed by atoms with Crippen LogP contribution < -0.4 is 15.5 Å². The Morgan fingerprint density at radius 1 is 1.09 bits per heavy atom. The number of nitrogens with one attached hydrogen (secondary N) is 2. The zero-order chi connectivity index (χ0) is 41.9. The van der Waals surface area contributed by atoms with Crippen molar-refractivity contribution in [2.75, 3.05) is 43.0 Å². The van der Waals surface area contributed by atoms with Gasteiger partial charge in [0.2, 0.25) is 11.8 Å². The minimum absolute atomic E-state index is 0.0450. The zero-order valence-electron chi connectivity index (χ0n) is 33.3. The van der Waals surface area contributed by atoms with E-state index in [2.05, 4.69) is 39.3 Å². The van der Waals surface area contributed by atoms with Gasteiger partial charge in [0.15, 0.2) is 10.8 Å². The van der Waals surface area contributed by atoms with Gasteiger partial charge in [-0.3, -0.25) is 29.5 Å². The monoisotopic (exact) mass is 824 g/mol. The third-order valence-electron chi connectivity index (χ3n) is 11.9. The van der Waals surface area contributed by atoms with Gasteiger partial charge in [-0.15, -0.1) is 0 Å². The van der Waals surface area contributed by atoms with Gasteiger partial charge in [0.1, 0.15) is 17.9 Å². The van der Waals surface area contributed by atoms with Gasteiger partial charge in [-0.1, -0.05) is 12.1 Å². The van der Waals surface area contributed by atoms with Gasteiger partial charge in [-0.05, 0) is 102 Å². The molecule has 17 heteroatoms. The van der Waals surface area contributed by atoms with Crippen LogP contribution in [-0.4, -0.2) is 117 Å². The number of hydrogen-bond acceptors (Lipinski definition) is 11. The first-order valence-electron chi connectivity index (χ1n) is 19.9. The van der Waals surface area contributed by atoms with E-state index >= 15 is 0 Å². The van der Waals surface area contributed by atoms with Gasteiger partial charge < -0.3 is 24.6 Å². The summed E-state index contributed by atoms with van der Waals surface area (Å²) in [6.45, 7) is 11.3. The lowest BCUT2D eigenvalue weighted by atomic mass is 9.89. The fraction of sp³-hybridized carbons (Fsp3) is 0.585. The summed E-state index contributed by atoms with van der Waals surface area (Å²) in [5.74, 6) is -1.30. The number of ether oxygens (including phenoxy) is 1. The number of nitriles is 1. The van der Waals surface area contributed by atoms with Crippen LogP contribution in [0.4, 0.5) is 24.5 Å². The van der Waals surface area contributed by atoms with Crippen molar-refractivity contribution < 1.29 is 37.1 Å². The molecule has 3 saturated heterocycles. The van der Waals surface area contributed by atoms with E-state index in [1.807, 2.05) is 29.2 Å². The molecule has 1 aromatic heterocycles. The van der Waals surface area contributed by atoms with Crippen LogP contribution in [0.5, 0.6) is 0 Å². The summed E-state index contributed by atoms with van der Waals surface area (Å²) in [7, 11) is 0. The summed E-state index contributed by atoms with van der Waals surface area (Å²) in [6.07, 6.45) is 1.88. The van der Waals surface area contributed by atoms with Crippen molar-refractivity contribution in [3.8, 4) is 6.07 Å². The minimum Gasteiger partial charge on any atom is -0.383 e. The number of piperazine rings is 1. The van der Waals surface area contributed by atoms with Crippen LogP contribution >= 0.6 is 12.2 Å². The van der Waals surface area contributed by atoms with Crippen molar-refractivity contribution >= 4 is 52.7 Å². The highest BCUT2D eigenvalue weighted by molar-refractivity contribution is 7.80. The number of alkyl halides is 3. The van der Waals surface area contributed by atoms with Crippen LogP contribution in [0.2, 0.25) is 0 Å². The molecule has 4 atom stereocenters. The summed E-state index contributed by atoms with van der Waals surface area (Å²) < 4.78 is 47.4. The van der Waals surface area contributed by atoms with Gasteiger partial charge >= 0.3 is 6.18 Å². The number of piperidine rings is 1. The van der Waals surface area contributed by atoms with Crippen LogP contribution in [0, 0.1) is 11.3 Å². The fourth-order valence-corrected chi connectivity index (χ4v) is 9.68. The molecule has 4 aliphatic rings. The van der Waals surface area contributed by atoms with E-state index in [-0.39, 0.29) is 58.8 Å². The topological polar surface area (TPSA) is 151 Å². The van der Waals surface area contributed by atoms with E-state index in [0.29, 0.717) is 38.8 Å². The molecular formula is C41H51F3N8O5S. The molecule has 3 amide bonds. The number of thiocarbonyl (C=S) groups is 1. The molecule has 1 aromatic carbocycles. The molecule has 2 unspecified atom stereocenters. The molecule has 312 valence electrons. The van der Waals surface area contributed by atoms with Crippen molar-refractivity contribution in [3.05, 3.63) is 53.3 Å². The predicted octanol–water partition coefficient (Wildman–Crippen LogP) is 5.00. The predicted molar refractivity (Wildman–Crippen MR) is 214 cm³/mol.